The van der Waals surface area contributed by atoms with Crippen LogP contribution < -0.4 is 9.47 Å². The van der Waals surface area contributed by atoms with Gasteiger partial charge in [-0.1, -0.05) is 0 Å². The number of amides is 1. The number of ether oxygens (including phenoxy) is 4. The molecule has 1 aliphatic rings. The Morgan fingerprint density at radius 1 is 1.08 bits per heavy atom. The van der Waals surface area contributed by atoms with E-state index in [2.05, 4.69) is 0 Å². The minimum Gasteiger partial charge on any atom is -0.496 e. The van der Waals surface area contributed by atoms with Gasteiger partial charge >= 0.3 is 0 Å². The van der Waals surface area contributed by atoms with E-state index < -0.39 is 21.9 Å². The molecule has 1 heterocycles. The molecule has 0 fully saturated rings. The maximum atomic E-state index is 12.5. The Labute approximate surface area is 145 Å². The number of alkyl halides is 1. The molecule has 0 unspecified atom stereocenters. The molecule has 0 N–H and O–H groups in total. The highest BCUT2D eigenvalue weighted by atomic mass is 35.5. The maximum Gasteiger partial charge on any atom is 0.274 e. The molecule has 10 heteroatoms. The number of hydrogen-bond donors (Lipinski definition) is 0. The van der Waals surface area contributed by atoms with Gasteiger partial charge < -0.3 is 18.9 Å². The van der Waals surface area contributed by atoms with Crippen molar-refractivity contribution in [1.29, 1.82) is 0 Å². The van der Waals surface area contributed by atoms with E-state index in [-0.39, 0.29) is 35.2 Å². The minimum absolute atomic E-state index is 0.0575. The summed E-state index contributed by atoms with van der Waals surface area (Å²) in [6, 6.07) is 2.43. The Kier molecular flexibility index (Phi) is 6.27. The van der Waals surface area contributed by atoms with E-state index in [1.807, 2.05) is 0 Å². The average molecular weight is 380 g/mol. The quantitative estimate of drug-likeness (QED) is 0.360. The lowest BCUT2D eigenvalue weighted by atomic mass is 10.1. The highest BCUT2D eigenvalue weighted by Gasteiger charge is 2.45. The number of fused-ring (bicyclic) bond motifs is 1. The second kappa shape index (κ2) is 8.02. The molecule has 0 aromatic heterocycles. The highest BCUT2D eigenvalue weighted by molar-refractivity contribution is 7.90. The third-order valence-electron chi connectivity index (χ3n) is 3.32. The minimum atomic E-state index is -4.07. The number of benzene rings is 1. The van der Waals surface area contributed by atoms with Crippen molar-refractivity contribution in [3.8, 4) is 11.5 Å². The SMILES string of the molecule is COCCOCCOc1ccc(OC)c2c1S(=O)(=O)N(CCl)C2=O. The van der Waals surface area contributed by atoms with Crippen LogP contribution in [0.15, 0.2) is 17.0 Å². The molecule has 1 aliphatic heterocycles. The van der Waals surface area contributed by atoms with Gasteiger partial charge in [-0.15, -0.1) is 11.6 Å². The Morgan fingerprint density at radius 2 is 1.75 bits per heavy atom. The fourth-order valence-electron chi connectivity index (χ4n) is 2.21. The number of halogens is 1. The Hall–Kier alpha value is -1.55. The molecule has 0 spiro atoms. The van der Waals surface area contributed by atoms with Crippen LogP contribution in [0.2, 0.25) is 0 Å². The average Bonchev–Trinajstić information content (AvgIpc) is 2.77. The molecule has 0 saturated heterocycles. The van der Waals surface area contributed by atoms with Crippen LogP contribution in [0.1, 0.15) is 10.4 Å². The highest BCUT2D eigenvalue weighted by Crippen LogP contribution is 2.42. The molecule has 24 heavy (non-hydrogen) atoms. The summed E-state index contributed by atoms with van der Waals surface area (Å²) < 4.78 is 46.3. The number of methoxy groups -OCH3 is 2. The predicted molar refractivity (Wildman–Crippen MR) is 85.3 cm³/mol. The van der Waals surface area contributed by atoms with Gasteiger partial charge in [-0.05, 0) is 12.1 Å². The van der Waals surface area contributed by atoms with Crippen molar-refractivity contribution in [2.75, 3.05) is 46.7 Å². The third-order valence-corrected chi connectivity index (χ3v) is 5.49. The van der Waals surface area contributed by atoms with Gasteiger partial charge in [0.1, 0.15) is 34.6 Å². The lowest BCUT2D eigenvalue weighted by molar-refractivity contribution is 0.0539. The summed E-state index contributed by atoms with van der Waals surface area (Å²) in [4.78, 5) is 12.1. The molecule has 0 aliphatic carbocycles. The van der Waals surface area contributed by atoms with E-state index >= 15 is 0 Å². The van der Waals surface area contributed by atoms with E-state index in [9.17, 15) is 13.2 Å². The molecular weight excluding hydrogens is 362 g/mol. The lowest BCUT2D eigenvalue weighted by Crippen LogP contribution is -2.28. The molecule has 8 nitrogen and oxygen atoms in total. The molecule has 0 saturated carbocycles. The fourth-order valence-corrected chi connectivity index (χ4v) is 4.18. The second-order valence-corrected chi connectivity index (χ2v) is 6.74. The molecule has 0 atom stereocenters. The zero-order chi connectivity index (χ0) is 17.7. The van der Waals surface area contributed by atoms with Gasteiger partial charge in [0.05, 0.1) is 26.9 Å². The van der Waals surface area contributed by atoms with Gasteiger partial charge in [0, 0.05) is 7.11 Å². The number of carbonyl (C=O) groups excluding carboxylic acids is 1. The normalized spacial score (nSPS) is 15.5. The topological polar surface area (TPSA) is 91.4 Å². The summed E-state index contributed by atoms with van der Waals surface area (Å²) in [5, 5.41) is 0. The van der Waals surface area contributed by atoms with Crippen LogP contribution in [0, 0.1) is 0 Å². The number of carbonyl (C=O) groups is 1. The van der Waals surface area contributed by atoms with E-state index in [1.165, 1.54) is 19.2 Å². The van der Waals surface area contributed by atoms with Crippen molar-refractivity contribution in [3.05, 3.63) is 17.7 Å². The van der Waals surface area contributed by atoms with Crippen molar-refractivity contribution >= 4 is 27.5 Å². The first-order valence-electron chi connectivity index (χ1n) is 7.02. The molecule has 1 amide bonds. The largest absolute Gasteiger partial charge is 0.496 e. The number of sulfonamides is 1. The monoisotopic (exact) mass is 379 g/mol. The van der Waals surface area contributed by atoms with E-state index in [0.29, 0.717) is 17.5 Å². The van der Waals surface area contributed by atoms with Crippen LogP contribution >= 0.6 is 11.6 Å². The van der Waals surface area contributed by atoms with E-state index in [1.54, 1.807) is 7.11 Å². The second-order valence-electron chi connectivity index (χ2n) is 4.70. The van der Waals surface area contributed by atoms with Gasteiger partial charge in [-0.25, -0.2) is 12.7 Å². The zero-order valence-corrected chi connectivity index (χ0v) is 14.9. The summed E-state index contributed by atoms with van der Waals surface area (Å²) in [6.45, 7) is 1.22. The van der Waals surface area contributed by atoms with Gasteiger partial charge in [0.15, 0.2) is 0 Å². The smallest absolute Gasteiger partial charge is 0.274 e. The van der Waals surface area contributed by atoms with Gasteiger partial charge in [-0.3, -0.25) is 4.79 Å². The van der Waals surface area contributed by atoms with E-state index in [4.69, 9.17) is 30.5 Å². The first kappa shape index (κ1) is 18.8. The van der Waals surface area contributed by atoms with Crippen LogP contribution in [0.3, 0.4) is 0 Å². The number of hydrogen-bond acceptors (Lipinski definition) is 7. The first-order valence-corrected chi connectivity index (χ1v) is 9.00. The summed E-state index contributed by atoms with van der Waals surface area (Å²) >= 11 is 5.61. The standard InChI is InChI=1S/C14H18ClNO7S/c1-20-5-6-22-7-8-23-11-4-3-10(21-2)12-13(11)24(18,19)16(9-15)14(12)17/h3-4H,5-9H2,1-2H3. The van der Waals surface area contributed by atoms with E-state index in [0.717, 1.165) is 0 Å². The van der Waals surface area contributed by atoms with Crippen LogP contribution in [-0.4, -0.2) is 65.3 Å². The Bertz CT molecular complexity index is 707. The third kappa shape index (κ3) is 3.44. The Balaban J connectivity index is 2.25. The fraction of sp³-hybridized carbons (Fsp3) is 0.500. The van der Waals surface area contributed by atoms with Crippen molar-refractivity contribution in [3.63, 3.8) is 0 Å². The lowest BCUT2D eigenvalue weighted by Gasteiger charge is -2.12. The van der Waals surface area contributed by atoms with Gasteiger partial charge in [0.2, 0.25) is 0 Å². The Morgan fingerprint density at radius 3 is 2.38 bits per heavy atom. The van der Waals surface area contributed by atoms with Crippen LogP contribution in [0.4, 0.5) is 0 Å². The zero-order valence-electron chi connectivity index (χ0n) is 13.3. The number of nitrogens with zero attached hydrogens (tertiary/aromatic N) is 1. The van der Waals surface area contributed by atoms with Crippen molar-refractivity contribution in [2.24, 2.45) is 0 Å². The molecule has 0 bridgehead atoms. The summed E-state index contributed by atoms with van der Waals surface area (Å²) in [6.07, 6.45) is 0. The van der Waals surface area contributed by atoms with Crippen molar-refractivity contribution in [1.82, 2.24) is 4.31 Å². The molecule has 0 radical (unpaired) electrons. The summed E-state index contributed by atoms with van der Waals surface area (Å²) in [5.74, 6) is -0.532. The number of rotatable bonds is 9. The van der Waals surface area contributed by atoms with Crippen molar-refractivity contribution in [2.45, 2.75) is 4.90 Å². The summed E-state index contributed by atoms with van der Waals surface area (Å²) in [5.41, 5.74) is -0.0732. The van der Waals surface area contributed by atoms with Crippen LogP contribution in [-0.2, 0) is 19.5 Å². The van der Waals surface area contributed by atoms with Gasteiger partial charge in [0.25, 0.3) is 15.9 Å². The molecule has 134 valence electrons. The maximum absolute atomic E-state index is 12.5. The van der Waals surface area contributed by atoms with Crippen molar-refractivity contribution < 1.29 is 32.2 Å². The molecular formula is C14H18ClNO7S. The van der Waals surface area contributed by atoms with Crippen LogP contribution in [0.5, 0.6) is 11.5 Å². The molecule has 1 aromatic carbocycles. The molecule has 2 rings (SSSR count). The van der Waals surface area contributed by atoms with Crippen LogP contribution in [0.25, 0.3) is 0 Å². The molecule has 1 aromatic rings. The predicted octanol–water partition coefficient (Wildman–Crippen LogP) is 1.08. The summed E-state index contributed by atoms with van der Waals surface area (Å²) in [7, 11) is -1.16. The first-order chi connectivity index (χ1) is 11.5. The van der Waals surface area contributed by atoms with Gasteiger partial charge in [-0.2, -0.15) is 0 Å².